The van der Waals surface area contributed by atoms with Crippen LogP contribution in [0.2, 0.25) is 0 Å². The Balaban J connectivity index is 2.80. The maximum absolute atomic E-state index is 11.2. The summed E-state index contributed by atoms with van der Waals surface area (Å²) in [5.74, 6) is 0. The quantitative estimate of drug-likeness (QED) is 0.732. The van der Waals surface area contributed by atoms with E-state index in [-0.39, 0.29) is 0 Å². The first-order valence-electron chi connectivity index (χ1n) is 5.63. The molecule has 1 aromatic heterocycles. The molecule has 0 spiro atoms. The molecule has 0 unspecified atom stereocenters. The fourth-order valence-electron chi connectivity index (χ4n) is 2.08. The van der Waals surface area contributed by atoms with Crippen molar-refractivity contribution in [3.05, 3.63) is 52.8 Å². The van der Waals surface area contributed by atoms with E-state index in [0.29, 0.717) is 5.56 Å². The van der Waals surface area contributed by atoms with Crippen LogP contribution in [0, 0.1) is 20.8 Å². The Morgan fingerprint density at radius 2 is 1.65 bits per heavy atom. The largest absolute Gasteiger partial charge is 0.298 e. The van der Waals surface area contributed by atoms with Crippen molar-refractivity contribution in [2.24, 2.45) is 0 Å². The average molecular weight is 225 g/mol. The second kappa shape index (κ2) is 4.50. The van der Waals surface area contributed by atoms with Gasteiger partial charge in [0.2, 0.25) is 0 Å². The number of nitrogens with zero attached hydrogens (tertiary/aromatic N) is 1. The number of hydrogen-bond donors (Lipinski definition) is 0. The molecule has 0 N–H and O–H groups in total. The maximum Gasteiger partial charge on any atom is 0.152 e. The number of aromatic nitrogens is 1. The standard InChI is InChI=1S/C15H15NO/c1-10-11(2)16-12(3)14(9-17)15(10)13-7-5-4-6-8-13/h4-9H,1-3H3. The van der Waals surface area contributed by atoms with E-state index < -0.39 is 0 Å². The Kier molecular flexibility index (Phi) is 3.05. The summed E-state index contributed by atoms with van der Waals surface area (Å²) < 4.78 is 0. The van der Waals surface area contributed by atoms with Gasteiger partial charge >= 0.3 is 0 Å². The minimum absolute atomic E-state index is 0.694. The normalized spacial score (nSPS) is 10.3. The second-order valence-corrected chi connectivity index (χ2v) is 4.18. The fraction of sp³-hybridized carbons (Fsp3) is 0.200. The lowest BCUT2D eigenvalue weighted by molar-refractivity contribution is 0.112. The molecule has 0 aliphatic heterocycles. The van der Waals surface area contributed by atoms with Gasteiger partial charge in [0.15, 0.2) is 6.29 Å². The predicted octanol–water partition coefficient (Wildman–Crippen LogP) is 3.49. The van der Waals surface area contributed by atoms with Gasteiger partial charge in [-0.25, -0.2) is 0 Å². The molecule has 1 aromatic carbocycles. The molecule has 0 amide bonds. The number of carbonyl (C=O) groups excluding carboxylic acids is 1. The van der Waals surface area contributed by atoms with Gasteiger partial charge in [-0.05, 0) is 37.5 Å². The third-order valence-corrected chi connectivity index (χ3v) is 3.09. The number of hydrogen-bond acceptors (Lipinski definition) is 2. The molecule has 0 atom stereocenters. The second-order valence-electron chi connectivity index (χ2n) is 4.18. The van der Waals surface area contributed by atoms with Crippen LogP contribution in [0.15, 0.2) is 30.3 Å². The Hall–Kier alpha value is -1.96. The number of carbonyl (C=O) groups is 1. The van der Waals surface area contributed by atoms with Crippen LogP contribution in [0.4, 0.5) is 0 Å². The zero-order valence-corrected chi connectivity index (χ0v) is 10.3. The summed E-state index contributed by atoms with van der Waals surface area (Å²) in [5.41, 5.74) is 5.61. The first kappa shape index (κ1) is 11.5. The van der Waals surface area contributed by atoms with Crippen molar-refractivity contribution in [1.82, 2.24) is 4.98 Å². The lowest BCUT2D eigenvalue weighted by Crippen LogP contribution is -2.01. The van der Waals surface area contributed by atoms with Crippen LogP contribution in [-0.2, 0) is 0 Å². The van der Waals surface area contributed by atoms with Crippen molar-refractivity contribution in [2.75, 3.05) is 0 Å². The third-order valence-electron chi connectivity index (χ3n) is 3.09. The van der Waals surface area contributed by atoms with Crippen molar-refractivity contribution in [1.29, 1.82) is 0 Å². The lowest BCUT2D eigenvalue weighted by atomic mass is 9.94. The van der Waals surface area contributed by atoms with E-state index in [1.807, 2.05) is 51.1 Å². The van der Waals surface area contributed by atoms with Crippen molar-refractivity contribution < 1.29 is 4.79 Å². The smallest absolute Gasteiger partial charge is 0.152 e. The van der Waals surface area contributed by atoms with Gasteiger partial charge in [0.25, 0.3) is 0 Å². The lowest BCUT2D eigenvalue weighted by Gasteiger charge is -2.13. The summed E-state index contributed by atoms with van der Waals surface area (Å²) in [6.45, 7) is 5.86. The number of aryl methyl sites for hydroxylation is 2. The fourth-order valence-corrected chi connectivity index (χ4v) is 2.08. The van der Waals surface area contributed by atoms with Gasteiger partial charge in [0.1, 0.15) is 0 Å². The SMILES string of the molecule is Cc1nc(C)c(C=O)c(-c2ccccc2)c1C. The van der Waals surface area contributed by atoms with Crippen molar-refractivity contribution in [3.8, 4) is 11.1 Å². The molecular formula is C15H15NO. The molecule has 2 rings (SSSR count). The highest BCUT2D eigenvalue weighted by Gasteiger charge is 2.13. The van der Waals surface area contributed by atoms with Crippen molar-refractivity contribution >= 4 is 6.29 Å². The molecule has 0 aliphatic rings. The molecule has 2 heteroatoms. The third kappa shape index (κ3) is 1.98. The molecule has 0 fully saturated rings. The zero-order chi connectivity index (χ0) is 12.4. The van der Waals surface area contributed by atoms with Gasteiger partial charge in [-0.1, -0.05) is 30.3 Å². The van der Waals surface area contributed by atoms with Crippen LogP contribution in [-0.4, -0.2) is 11.3 Å². The van der Waals surface area contributed by atoms with Crippen LogP contribution >= 0.6 is 0 Å². The van der Waals surface area contributed by atoms with Gasteiger partial charge in [-0.15, -0.1) is 0 Å². The molecule has 17 heavy (non-hydrogen) atoms. The number of pyridine rings is 1. The number of aldehydes is 1. The highest BCUT2D eigenvalue weighted by molar-refractivity contribution is 5.90. The minimum Gasteiger partial charge on any atom is -0.298 e. The monoisotopic (exact) mass is 225 g/mol. The van der Waals surface area contributed by atoms with Crippen LogP contribution in [0.5, 0.6) is 0 Å². The Morgan fingerprint density at radius 3 is 2.24 bits per heavy atom. The summed E-state index contributed by atoms with van der Waals surface area (Å²) in [7, 11) is 0. The van der Waals surface area contributed by atoms with Crippen LogP contribution in [0.25, 0.3) is 11.1 Å². The molecule has 86 valence electrons. The molecule has 1 heterocycles. The Labute approximate surface area is 101 Å². The van der Waals surface area contributed by atoms with Gasteiger partial charge in [0, 0.05) is 17.0 Å². The molecule has 0 saturated carbocycles. The highest BCUT2D eigenvalue weighted by atomic mass is 16.1. The predicted molar refractivity (Wildman–Crippen MR) is 69.3 cm³/mol. The Bertz CT molecular complexity index is 559. The van der Waals surface area contributed by atoms with Crippen molar-refractivity contribution in [2.45, 2.75) is 20.8 Å². The summed E-state index contributed by atoms with van der Waals surface area (Å²) in [5, 5.41) is 0. The molecule has 0 saturated heterocycles. The molecular weight excluding hydrogens is 210 g/mol. The van der Waals surface area contributed by atoms with Gasteiger partial charge < -0.3 is 0 Å². The van der Waals surface area contributed by atoms with Gasteiger partial charge in [0.05, 0.1) is 0 Å². The van der Waals surface area contributed by atoms with E-state index in [1.54, 1.807) is 0 Å². The summed E-state index contributed by atoms with van der Waals surface area (Å²) >= 11 is 0. The van der Waals surface area contributed by atoms with E-state index in [1.165, 1.54) is 0 Å². The minimum atomic E-state index is 0.694. The molecule has 2 aromatic rings. The van der Waals surface area contributed by atoms with E-state index >= 15 is 0 Å². The van der Waals surface area contributed by atoms with Crippen LogP contribution in [0.1, 0.15) is 27.3 Å². The molecule has 0 radical (unpaired) electrons. The van der Waals surface area contributed by atoms with E-state index in [0.717, 1.165) is 34.4 Å². The summed E-state index contributed by atoms with van der Waals surface area (Å²) in [6.07, 6.45) is 0.900. The maximum atomic E-state index is 11.2. The Morgan fingerprint density at radius 1 is 1.00 bits per heavy atom. The summed E-state index contributed by atoms with van der Waals surface area (Å²) in [4.78, 5) is 15.6. The zero-order valence-electron chi connectivity index (χ0n) is 10.3. The van der Waals surface area contributed by atoms with Crippen LogP contribution in [0.3, 0.4) is 0 Å². The highest BCUT2D eigenvalue weighted by Crippen LogP contribution is 2.29. The average Bonchev–Trinajstić information content (AvgIpc) is 2.34. The van der Waals surface area contributed by atoms with Gasteiger partial charge in [-0.2, -0.15) is 0 Å². The summed E-state index contributed by atoms with van der Waals surface area (Å²) in [6, 6.07) is 9.98. The number of rotatable bonds is 2. The van der Waals surface area contributed by atoms with E-state index in [9.17, 15) is 4.79 Å². The van der Waals surface area contributed by atoms with E-state index in [2.05, 4.69) is 4.98 Å². The molecule has 0 bridgehead atoms. The van der Waals surface area contributed by atoms with Gasteiger partial charge in [-0.3, -0.25) is 9.78 Å². The van der Waals surface area contributed by atoms with E-state index in [4.69, 9.17) is 0 Å². The molecule has 2 nitrogen and oxygen atoms in total. The first-order valence-corrected chi connectivity index (χ1v) is 5.63. The first-order chi connectivity index (χ1) is 8.15. The van der Waals surface area contributed by atoms with Crippen LogP contribution < -0.4 is 0 Å². The molecule has 0 aliphatic carbocycles. The van der Waals surface area contributed by atoms with Crippen molar-refractivity contribution in [3.63, 3.8) is 0 Å². The number of benzene rings is 1. The topological polar surface area (TPSA) is 30.0 Å².